The maximum Gasteiger partial charge on any atom is 0.254 e. The van der Waals surface area contributed by atoms with E-state index in [1.165, 1.54) is 0 Å². The Balaban J connectivity index is 0.00000156. The number of piperazine rings is 1. The summed E-state index contributed by atoms with van der Waals surface area (Å²) in [6, 6.07) is 13.3. The van der Waals surface area contributed by atoms with Gasteiger partial charge in [0.1, 0.15) is 12.4 Å². The van der Waals surface area contributed by atoms with Gasteiger partial charge in [0, 0.05) is 37.4 Å². The number of nitrogens with zero attached hydrogens (tertiary/aromatic N) is 2. The van der Waals surface area contributed by atoms with E-state index in [0.29, 0.717) is 12.2 Å². The second kappa shape index (κ2) is 10.2. The number of pyridine rings is 1. The first-order valence-corrected chi connectivity index (χ1v) is 7.88. The lowest BCUT2D eigenvalue weighted by molar-refractivity contribution is 0.0655. The maximum atomic E-state index is 12.5. The summed E-state index contributed by atoms with van der Waals surface area (Å²) >= 11 is 0. The number of hydrogen-bond acceptors (Lipinski definition) is 4. The largest absolute Gasteiger partial charge is 0.487 e. The molecule has 25 heavy (non-hydrogen) atoms. The molecule has 0 saturated carbocycles. The third-order valence-electron chi connectivity index (χ3n) is 3.98. The predicted octanol–water partition coefficient (Wildman–Crippen LogP) is 2.94. The van der Waals surface area contributed by atoms with Crippen molar-refractivity contribution in [2.24, 2.45) is 0 Å². The second-order valence-corrected chi connectivity index (χ2v) is 5.69. The number of halogens is 2. The SMILES string of the molecule is C[C@@H]1CNCCN1C(=O)c1ccc(OCc2ccccn2)cc1.Cl.Cl. The van der Waals surface area contributed by atoms with E-state index in [1.54, 1.807) is 6.20 Å². The van der Waals surface area contributed by atoms with E-state index >= 15 is 0 Å². The van der Waals surface area contributed by atoms with E-state index in [0.717, 1.165) is 31.1 Å². The van der Waals surface area contributed by atoms with Gasteiger partial charge in [0.05, 0.1) is 5.69 Å². The number of carbonyl (C=O) groups excluding carboxylic acids is 1. The second-order valence-electron chi connectivity index (χ2n) is 5.69. The van der Waals surface area contributed by atoms with Crippen molar-refractivity contribution in [3.8, 4) is 5.75 Å². The van der Waals surface area contributed by atoms with Gasteiger partial charge >= 0.3 is 0 Å². The lowest BCUT2D eigenvalue weighted by Crippen LogP contribution is -2.52. The molecule has 0 bridgehead atoms. The minimum absolute atomic E-state index is 0. The van der Waals surface area contributed by atoms with Crippen LogP contribution in [0.3, 0.4) is 0 Å². The average molecular weight is 384 g/mol. The molecule has 1 aliphatic heterocycles. The summed E-state index contributed by atoms with van der Waals surface area (Å²) in [7, 11) is 0. The highest BCUT2D eigenvalue weighted by molar-refractivity contribution is 5.94. The molecule has 0 spiro atoms. The molecule has 1 aliphatic rings. The molecular formula is C18H23Cl2N3O2. The molecule has 2 heterocycles. The molecule has 3 rings (SSSR count). The van der Waals surface area contributed by atoms with Crippen LogP contribution in [-0.4, -0.2) is 41.5 Å². The topological polar surface area (TPSA) is 54.5 Å². The summed E-state index contributed by atoms with van der Waals surface area (Å²) in [6.07, 6.45) is 1.75. The Bertz CT molecular complexity index is 653. The molecule has 1 N–H and O–H groups in total. The van der Waals surface area contributed by atoms with Gasteiger partial charge in [-0.3, -0.25) is 9.78 Å². The van der Waals surface area contributed by atoms with Gasteiger partial charge in [-0.15, -0.1) is 24.8 Å². The Morgan fingerprint density at radius 2 is 2.00 bits per heavy atom. The lowest BCUT2D eigenvalue weighted by Gasteiger charge is -2.34. The van der Waals surface area contributed by atoms with Crippen molar-refractivity contribution in [1.82, 2.24) is 15.2 Å². The zero-order valence-corrected chi connectivity index (χ0v) is 15.7. The Morgan fingerprint density at radius 3 is 2.64 bits per heavy atom. The highest BCUT2D eigenvalue weighted by Crippen LogP contribution is 2.16. The number of rotatable bonds is 4. The first-order chi connectivity index (χ1) is 11.2. The highest BCUT2D eigenvalue weighted by Gasteiger charge is 2.23. The van der Waals surface area contributed by atoms with Crippen molar-refractivity contribution in [3.05, 3.63) is 59.9 Å². The smallest absolute Gasteiger partial charge is 0.254 e. The van der Waals surface area contributed by atoms with Gasteiger partial charge in [-0.05, 0) is 43.3 Å². The molecule has 1 aromatic carbocycles. The summed E-state index contributed by atoms with van der Waals surface area (Å²) in [5.74, 6) is 0.816. The van der Waals surface area contributed by atoms with E-state index in [1.807, 2.05) is 47.4 Å². The molecule has 1 atom stereocenters. The van der Waals surface area contributed by atoms with Crippen molar-refractivity contribution in [3.63, 3.8) is 0 Å². The van der Waals surface area contributed by atoms with Crippen LogP contribution in [0.4, 0.5) is 0 Å². The van der Waals surface area contributed by atoms with Gasteiger partial charge in [0.25, 0.3) is 5.91 Å². The van der Waals surface area contributed by atoms with Gasteiger partial charge in [-0.1, -0.05) is 6.07 Å². The van der Waals surface area contributed by atoms with E-state index in [2.05, 4.69) is 17.2 Å². The van der Waals surface area contributed by atoms with Gasteiger partial charge in [-0.25, -0.2) is 0 Å². The van der Waals surface area contributed by atoms with Crippen molar-refractivity contribution < 1.29 is 9.53 Å². The zero-order chi connectivity index (χ0) is 16.1. The van der Waals surface area contributed by atoms with Crippen LogP contribution in [0.5, 0.6) is 5.75 Å². The van der Waals surface area contributed by atoms with Crippen LogP contribution in [0, 0.1) is 0 Å². The van der Waals surface area contributed by atoms with Crippen molar-refractivity contribution in [2.75, 3.05) is 19.6 Å². The van der Waals surface area contributed by atoms with Crippen molar-refractivity contribution in [1.29, 1.82) is 0 Å². The molecule has 0 radical (unpaired) electrons. The number of ether oxygens (including phenoxy) is 1. The lowest BCUT2D eigenvalue weighted by atomic mass is 10.1. The summed E-state index contributed by atoms with van der Waals surface area (Å²) < 4.78 is 5.70. The van der Waals surface area contributed by atoms with E-state index < -0.39 is 0 Å². The molecule has 2 aromatic rings. The minimum Gasteiger partial charge on any atom is -0.487 e. The molecule has 1 fully saturated rings. The standard InChI is InChI=1S/C18H21N3O2.2ClH/c1-14-12-19-10-11-21(14)18(22)15-5-7-17(8-6-15)23-13-16-4-2-3-9-20-16;;/h2-9,14,19H,10-13H2,1H3;2*1H/t14-;;/m1../s1. The molecule has 7 heteroatoms. The fraction of sp³-hybridized carbons (Fsp3) is 0.333. The third kappa shape index (κ3) is 5.59. The van der Waals surface area contributed by atoms with Crippen LogP contribution in [0.2, 0.25) is 0 Å². The molecule has 1 aromatic heterocycles. The summed E-state index contributed by atoms with van der Waals surface area (Å²) in [5.41, 5.74) is 1.58. The molecule has 1 saturated heterocycles. The van der Waals surface area contributed by atoms with Gasteiger partial charge in [-0.2, -0.15) is 0 Å². The number of hydrogen-bond donors (Lipinski definition) is 1. The van der Waals surface area contributed by atoms with Crippen molar-refractivity contribution in [2.45, 2.75) is 19.6 Å². The van der Waals surface area contributed by atoms with Crippen LogP contribution < -0.4 is 10.1 Å². The fourth-order valence-corrected chi connectivity index (χ4v) is 2.64. The van der Waals surface area contributed by atoms with Crippen LogP contribution in [0.15, 0.2) is 48.7 Å². The third-order valence-corrected chi connectivity index (χ3v) is 3.98. The van der Waals surface area contributed by atoms with E-state index in [4.69, 9.17) is 4.74 Å². The molecule has 136 valence electrons. The predicted molar refractivity (Wildman–Crippen MR) is 103 cm³/mol. The van der Waals surface area contributed by atoms with E-state index in [9.17, 15) is 4.79 Å². The molecule has 0 aliphatic carbocycles. The fourth-order valence-electron chi connectivity index (χ4n) is 2.64. The average Bonchev–Trinajstić information content (AvgIpc) is 2.61. The Hall–Kier alpha value is -1.82. The first kappa shape index (κ1) is 21.2. The van der Waals surface area contributed by atoms with Crippen LogP contribution in [0.1, 0.15) is 23.0 Å². The van der Waals surface area contributed by atoms with E-state index in [-0.39, 0.29) is 36.8 Å². The first-order valence-electron chi connectivity index (χ1n) is 7.88. The van der Waals surface area contributed by atoms with Crippen molar-refractivity contribution >= 4 is 30.7 Å². The molecule has 1 amide bonds. The summed E-state index contributed by atoms with van der Waals surface area (Å²) in [4.78, 5) is 18.7. The maximum absolute atomic E-state index is 12.5. The summed E-state index contributed by atoms with van der Waals surface area (Å²) in [5, 5.41) is 3.29. The number of amides is 1. The normalized spacial score (nSPS) is 16.4. The Labute approximate surface area is 160 Å². The molecule has 5 nitrogen and oxygen atoms in total. The van der Waals surface area contributed by atoms with Crippen LogP contribution in [0.25, 0.3) is 0 Å². The van der Waals surface area contributed by atoms with Crippen LogP contribution >= 0.6 is 24.8 Å². The van der Waals surface area contributed by atoms with Gasteiger partial charge in [0.2, 0.25) is 0 Å². The van der Waals surface area contributed by atoms with Gasteiger partial charge in [0.15, 0.2) is 0 Å². The quantitative estimate of drug-likeness (QED) is 0.881. The number of benzene rings is 1. The molecular weight excluding hydrogens is 361 g/mol. The van der Waals surface area contributed by atoms with Gasteiger partial charge < -0.3 is 15.0 Å². The summed E-state index contributed by atoms with van der Waals surface area (Å²) in [6.45, 7) is 4.92. The number of aromatic nitrogens is 1. The Kier molecular flexibility index (Phi) is 8.69. The zero-order valence-electron chi connectivity index (χ0n) is 14.1. The highest BCUT2D eigenvalue weighted by atomic mass is 35.5. The number of carbonyl (C=O) groups is 1. The van der Waals surface area contributed by atoms with Crippen LogP contribution in [-0.2, 0) is 6.61 Å². The number of nitrogens with one attached hydrogen (secondary N) is 1. The molecule has 0 unspecified atom stereocenters. The minimum atomic E-state index is 0. The Morgan fingerprint density at radius 1 is 1.24 bits per heavy atom. The monoisotopic (exact) mass is 383 g/mol.